The maximum absolute atomic E-state index is 12.2. The molecule has 94 valence electrons. The van der Waals surface area contributed by atoms with Crippen LogP contribution in [0.1, 0.15) is 35.3 Å². The van der Waals surface area contributed by atoms with E-state index in [2.05, 4.69) is 15.5 Å². The molecule has 2 N–H and O–H groups in total. The smallest absolute Gasteiger partial charge is 0.257 e. The van der Waals surface area contributed by atoms with Crippen LogP contribution in [0.3, 0.4) is 0 Å². The van der Waals surface area contributed by atoms with Crippen LogP contribution in [0, 0.1) is 0 Å². The number of nitrogens with zero attached hydrogens (tertiary/aromatic N) is 1. The first-order valence-electron chi connectivity index (χ1n) is 6.17. The second-order valence-corrected chi connectivity index (χ2v) is 4.09. The highest BCUT2D eigenvalue weighted by molar-refractivity contribution is 6.05. The summed E-state index contributed by atoms with van der Waals surface area (Å²) in [6, 6.07) is 7.64. The van der Waals surface area contributed by atoms with Crippen molar-refractivity contribution in [3.05, 3.63) is 47.2 Å². The van der Waals surface area contributed by atoms with Gasteiger partial charge in [0.15, 0.2) is 0 Å². The number of amides is 1. The normalized spacial score (nSPS) is 10.3. The van der Waals surface area contributed by atoms with Gasteiger partial charge in [0.05, 0.1) is 6.20 Å². The molecule has 0 spiro atoms. The van der Waals surface area contributed by atoms with Gasteiger partial charge in [-0.05, 0) is 24.5 Å². The van der Waals surface area contributed by atoms with E-state index in [1.54, 1.807) is 6.20 Å². The first kappa shape index (κ1) is 12.4. The predicted octanol–water partition coefficient (Wildman–Crippen LogP) is 2.79. The molecule has 4 heteroatoms. The lowest BCUT2D eigenvalue weighted by atomic mass is 10.0. The quantitative estimate of drug-likeness (QED) is 0.867. The van der Waals surface area contributed by atoms with E-state index in [-0.39, 0.29) is 5.91 Å². The van der Waals surface area contributed by atoms with Gasteiger partial charge in [0.25, 0.3) is 5.91 Å². The van der Waals surface area contributed by atoms with Crippen LogP contribution in [0.5, 0.6) is 0 Å². The molecule has 0 saturated heterocycles. The molecular formula is C14H17N3O. The van der Waals surface area contributed by atoms with Gasteiger partial charge in [-0.2, -0.15) is 5.10 Å². The Balaban J connectivity index is 2.22. The number of hydrogen-bond donors (Lipinski definition) is 2. The number of benzene rings is 1. The van der Waals surface area contributed by atoms with Gasteiger partial charge in [-0.1, -0.05) is 32.0 Å². The average Bonchev–Trinajstić information content (AvgIpc) is 2.85. The molecule has 18 heavy (non-hydrogen) atoms. The molecule has 0 aliphatic heterocycles. The van der Waals surface area contributed by atoms with E-state index in [1.807, 2.05) is 38.1 Å². The van der Waals surface area contributed by atoms with Crippen molar-refractivity contribution in [2.45, 2.75) is 26.7 Å². The van der Waals surface area contributed by atoms with Crippen LogP contribution in [0.2, 0.25) is 0 Å². The fourth-order valence-electron chi connectivity index (χ4n) is 1.92. The summed E-state index contributed by atoms with van der Waals surface area (Å²) < 4.78 is 0. The first-order valence-corrected chi connectivity index (χ1v) is 6.17. The van der Waals surface area contributed by atoms with Gasteiger partial charge in [-0.15, -0.1) is 0 Å². The van der Waals surface area contributed by atoms with Crippen molar-refractivity contribution in [2.24, 2.45) is 0 Å². The van der Waals surface area contributed by atoms with Crippen LogP contribution in [0.15, 0.2) is 30.5 Å². The van der Waals surface area contributed by atoms with Crippen LogP contribution in [0.25, 0.3) is 0 Å². The van der Waals surface area contributed by atoms with Gasteiger partial charge in [-0.25, -0.2) is 0 Å². The molecule has 0 atom stereocenters. The summed E-state index contributed by atoms with van der Waals surface area (Å²) in [5.41, 5.74) is 2.78. The average molecular weight is 243 g/mol. The third-order valence-electron chi connectivity index (χ3n) is 2.98. The van der Waals surface area contributed by atoms with Gasteiger partial charge >= 0.3 is 0 Å². The number of aryl methyl sites for hydroxylation is 2. The molecule has 0 bridgehead atoms. The molecular weight excluding hydrogens is 226 g/mol. The summed E-state index contributed by atoms with van der Waals surface area (Å²) in [6.45, 7) is 4.07. The van der Waals surface area contributed by atoms with Crippen LogP contribution in [-0.2, 0) is 12.8 Å². The molecule has 0 unspecified atom stereocenters. The zero-order chi connectivity index (χ0) is 13.0. The Bertz CT molecular complexity index is 545. The van der Waals surface area contributed by atoms with Crippen LogP contribution < -0.4 is 5.32 Å². The number of hydrogen-bond acceptors (Lipinski definition) is 2. The summed E-state index contributed by atoms with van der Waals surface area (Å²) in [4.78, 5) is 12.2. The van der Waals surface area contributed by atoms with Gasteiger partial charge < -0.3 is 5.32 Å². The molecule has 0 aliphatic carbocycles. The van der Waals surface area contributed by atoms with E-state index in [1.165, 1.54) is 0 Å². The molecule has 1 aromatic carbocycles. The third kappa shape index (κ3) is 2.42. The van der Waals surface area contributed by atoms with Crippen LogP contribution >= 0.6 is 0 Å². The number of carbonyl (C=O) groups is 1. The molecule has 0 aliphatic rings. The fraction of sp³-hybridized carbons (Fsp3) is 0.286. The van der Waals surface area contributed by atoms with Crippen molar-refractivity contribution >= 4 is 11.7 Å². The minimum Gasteiger partial charge on any atom is -0.307 e. The minimum atomic E-state index is -0.0913. The maximum Gasteiger partial charge on any atom is 0.257 e. The molecule has 0 radical (unpaired) electrons. The molecule has 0 fully saturated rings. The van der Waals surface area contributed by atoms with Crippen molar-refractivity contribution in [2.75, 3.05) is 5.32 Å². The summed E-state index contributed by atoms with van der Waals surface area (Å²) in [7, 11) is 0. The Morgan fingerprint density at radius 1 is 1.22 bits per heavy atom. The molecule has 0 saturated carbocycles. The van der Waals surface area contributed by atoms with Crippen molar-refractivity contribution < 1.29 is 4.79 Å². The van der Waals surface area contributed by atoms with E-state index < -0.39 is 0 Å². The zero-order valence-electron chi connectivity index (χ0n) is 10.7. The Hall–Kier alpha value is -2.10. The third-order valence-corrected chi connectivity index (χ3v) is 2.98. The highest BCUT2D eigenvalue weighted by Crippen LogP contribution is 2.15. The molecule has 1 heterocycles. The van der Waals surface area contributed by atoms with E-state index in [9.17, 15) is 4.79 Å². The highest BCUT2D eigenvalue weighted by atomic mass is 16.1. The van der Waals surface area contributed by atoms with Crippen molar-refractivity contribution in [1.29, 1.82) is 0 Å². The minimum absolute atomic E-state index is 0.0913. The Morgan fingerprint density at radius 3 is 2.67 bits per heavy atom. The summed E-state index contributed by atoms with van der Waals surface area (Å²) in [5, 5.41) is 9.63. The number of H-pyrrole nitrogens is 1. The van der Waals surface area contributed by atoms with Gasteiger partial charge in [0, 0.05) is 11.1 Å². The van der Waals surface area contributed by atoms with Gasteiger partial charge in [0.2, 0.25) is 0 Å². The molecule has 2 rings (SSSR count). The first-order chi connectivity index (χ1) is 8.76. The van der Waals surface area contributed by atoms with E-state index in [0.29, 0.717) is 5.82 Å². The van der Waals surface area contributed by atoms with Crippen LogP contribution in [0.4, 0.5) is 5.82 Å². The Kier molecular flexibility index (Phi) is 3.77. The molecule has 1 aromatic heterocycles. The van der Waals surface area contributed by atoms with E-state index in [0.717, 1.165) is 29.5 Å². The largest absolute Gasteiger partial charge is 0.307 e. The Morgan fingerprint density at radius 2 is 1.94 bits per heavy atom. The molecule has 4 nitrogen and oxygen atoms in total. The number of aromatic amines is 1. The summed E-state index contributed by atoms with van der Waals surface area (Å²) in [5.74, 6) is 0.597. The van der Waals surface area contributed by atoms with E-state index in [4.69, 9.17) is 0 Å². The number of rotatable bonds is 4. The fourth-order valence-corrected chi connectivity index (χ4v) is 1.92. The topological polar surface area (TPSA) is 57.8 Å². The van der Waals surface area contributed by atoms with Crippen molar-refractivity contribution in [3.8, 4) is 0 Å². The Labute approximate surface area is 106 Å². The summed E-state index contributed by atoms with van der Waals surface area (Å²) >= 11 is 0. The second kappa shape index (κ2) is 5.49. The van der Waals surface area contributed by atoms with Crippen molar-refractivity contribution in [3.63, 3.8) is 0 Å². The van der Waals surface area contributed by atoms with E-state index >= 15 is 0 Å². The molecule has 1 amide bonds. The lowest BCUT2D eigenvalue weighted by Gasteiger charge is -2.08. The number of carbonyl (C=O) groups excluding carboxylic acids is 1. The maximum atomic E-state index is 12.2. The summed E-state index contributed by atoms with van der Waals surface area (Å²) in [6.07, 6.45) is 3.41. The number of nitrogens with one attached hydrogen (secondary N) is 2. The van der Waals surface area contributed by atoms with Crippen molar-refractivity contribution in [1.82, 2.24) is 10.2 Å². The van der Waals surface area contributed by atoms with Gasteiger partial charge in [0.1, 0.15) is 5.82 Å². The highest BCUT2D eigenvalue weighted by Gasteiger charge is 2.12. The SMILES string of the molecule is CCc1ccccc1C(=O)Nc1[nH]ncc1CC. The lowest BCUT2D eigenvalue weighted by molar-refractivity contribution is 0.102. The zero-order valence-corrected chi connectivity index (χ0v) is 10.7. The number of anilines is 1. The lowest BCUT2D eigenvalue weighted by Crippen LogP contribution is -2.15. The predicted molar refractivity (Wildman–Crippen MR) is 71.7 cm³/mol. The van der Waals surface area contributed by atoms with Gasteiger partial charge in [-0.3, -0.25) is 9.89 Å². The molecule has 2 aromatic rings. The second-order valence-electron chi connectivity index (χ2n) is 4.09. The number of aromatic nitrogens is 2. The van der Waals surface area contributed by atoms with Crippen LogP contribution in [-0.4, -0.2) is 16.1 Å². The monoisotopic (exact) mass is 243 g/mol. The standard InChI is InChI=1S/C14H17N3O/c1-3-10-7-5-6-8-12(10)14(18)16-13-11(4-2)9-15-17-13/h5-9H,3-4H2,1-2H3,(H2,15,16,17,18).